The number of pyridine rings is 1. The van der Waals surface area contributed by atoms with Crippen molar-refractivity contribution in [1.82, 2.24) is 9.47 Å². The summed E-state index contributed by atoms with van der Waals surface area (Å²) in [6, 6.07) is 9.92. The van der Waals surface area contributed by atoms with Gasteiger partial charge < -0.3 is 14.6 Å². The molecule has 0 fully saturated rings. The maximum atomic E-state index is 12.5. The van der Waals surface area contributed by atoms with Crippen LogP contribution in [0.3, 0.4) is 0 Å². The minimum absolute atomic E-state index is 0.0812. The number of carbonyl (C=O) groups is 2. The van der Waals surface area contributed by atoms with Crippen LogP contribution in [-0.2, 0) is 11.3 Å². The van der Waals surface area contributed by atoms with Crippen molar-refractivity contribution in [3.8, 4) is 0 Å². The summed E-state index contributed by atoms with van der Waals surface area (Å²) < 4.78 is 1.41. The van der Waals surface area contributed by atoms with Gasteiger partial charge in [0.15, 0.2) is 0 Å². The first-order chi connectivity index (χ1) is 11.8. The van der Waals surface area contributed by atoms with Gasteiger partial charge in [0.25, 0.3) is 11.5 Å². The summed E-state index contributed by atoms with van der Waals surface area (Å²) >= 11 is 6.12. The van der Waals surface area contributed by atoms with E-state index >= 15 is 0 Å². The van der Waals surface area contributed by atoms with Gasteiger partial charge in [-0.25, -0.2) is 0 Å². The molecule has 0 aliphatic rings. The second-order valence-electron chi connectivity index (χ2n) is 5.90. The molecule has 1 heterocycles. The monoisotopic (exact) mass is 362 g/mol. The molecule has 0 aliphatic carbocycles. The van der Waals surface area contributed by atoms with E-state index in [1.54, 1.807) is 12.1 Å². The number of benzene rings is 1. The third-order valence-electron chi connectivity index (χ3n) is 3.84. The summed E-state index contributed by atoms with van der Waals surface area (Å²) in [5.41, 5.74) is 0.827. The summed E-state index contributed by atoms with van der Waals surface area (Å²) in [6.07, 6.45) is 1.47. The van der Waals surface area contributed by atoms with E-state index in [4.69, 9.17) is 16.7 Å². The van der Waals surface area contributed by atoms with Crippen molar-refractivity contribution in [2.45, 2.75) is 13.5 Å². The summed E-state index contributed by atoms with van der Waals surface area (Å²) in [4.78, 5) is 36.8. The van der Waals surface area contributed by atoms with Crippen molar-refractivity contribution in [3.63, 3.8) is 0 Å². The minimum atomic E-state index is -0.969. The number of halogens is 1. The molecule has 132 valence electrons. The molecule has 0 bridgehead atoms. The Morgan fingerprint density at radius 1 is 1.24 bits per heavy atom. The van der Waals surface area contributed by atoms with Gasteiger partial charge in [-0.05, 0) is 17.7 Å². The van der Waals surface area contributed by atoms with E-state index in [-0.39, 0.29) is 24.6 Å². The highest BCUT2D eigenvalue weighted by Crippen LogP contribution is 2.16. The first-order valence-electron chi connectivity index (χ1n) is 7.71. The molecule has 2 aromatic rings. The van der Waals surface area contributed by atoms with Gasteiger partial charge in [-0.2, -0.15) is 0 Å². The average Bonchev–Trinajstić information content (AvgIpc) is 2.57. The van der Waals surface area contributed by atoms with E-state index in [1.165, 1.54) is 41.8 Å². The van der Waals surface area contributed by atoms with E-state index in [9.17, 15) is 14.4 Å². The number of carboxylic acids is 1. The number of hydrogen-bond donors (Lipinski definition) is 1. The molecule has 1 unspecified atom stereocenters. The molecule has 1 atom stereocenters. The lowest BCUT2D eigenvalue weighted by atomic mass is 10.1. The molecule has 0 saturated carbocycles. The molecule has 0 aliphatic heterocycles. The molecule has 1 amide bonds. The van der Waals surface area contributed by atoms with E-state index in [1.807, 2.05) is 12.1 Å². The largest absolute Gasteiger partial charge is 0.481 e. The van der Waals surface area contributed by atoms with Crippen LogP contribution in [0.25, 0.3) is 0 Å². The number of aromatic nitrogens is 1. The molecule has 0 saturated heterocycles. The van der Waals surface area contributed by atoms with Gasteiger partial charge in [0.2, 0.25) is 0 Å². The predicted octanol–water partition coefficient (Wildman–Crippen LogP) is 2.34. The summed E-state index contributed by atoms with van der Waals surface area (Å²) in [6.45, 7) is 1.86. The maximum absolute atomic E-state index is 12.5. The van der Waals surface area contributed by atoms with Crippen molar-refractivity contribution >= 4 is 23.5 Å². The molecule has 1 aromatic carbocycles. The number of carboxylic acid groups (broad SMARTS) is 1. The number of amides is 1. The van der Waals surface area contributed by atoms with Crippen LogP contribution in [0, 0.1) is 5.92 Å². The van der Waals surface area contributed by atoms with Crippen molar-refractivity contribution in [3.05, 3.63) is 69.1 Å². The van der Waals surface area contributed by atoms with Gasteiger partial charge in [0.1, 0.15) is 0 Å². The molecule has 0 spiro atoms. The Morgan fingerprint density at radius 3 is 2.56 bits per heavy atom. The van der Waals surface area contributed by atoms with Crippen LogP contribution in [0.1, 0.15) is 22.8 Å². The smallest absolute Gasteiger partial charge is 0.308 e. The highest BCUT2D eigenvalue weighted by atomic mass is 35.5. The van der Waals surface area contributed by atoms with E-state index in [0.717, 1.165) is 5.56 Å². The van der Waals surface area contributed by atoms with E-state index in [0.29, 0.717) is 10.6 Å². The first kappa shape index (κ1) is 18.7. The predicted molar refractivity (Wildman–Crippen MR) is 95.0 cm³/mol. The van der Waals surface area contributed by atoms with Gasteiger partial charge in [-0.15, -0.1) is 0 Å². The van der Waals surface area contributed by atoms with Crippen molar-refractivity contribution in [1.29, 1.82) is 0 Å². The Morgan fingerprint density at radius 2 is 1.92 bits per heavy atom. The Hall–Kier alpha value is -2.60. The van der Waals surface area contributed by atoms with Crippen LogP contribution >= 0.6 is 11.6 Å². The fraction of sp³-hybridized carbons (Fsp3) is 0.278. The van der Waals surface area contributed by atoms with Crippen molar-refractivity contribution in [2.75, 3.05) is 13.6 Å². The second-order valence-corrected chi connectivity index (χ2v) is 6.31. The minimum Gasteiger partial charge on any atom is -0.481 e. The Balaban J connectivity index is 2.23. The fourth-order valence-corrected chi connectivity index (χ4v) is 2.58. The van der Waals surface area contributed by atoms with Crippen molar-refractivity contribution in [2.24, 2.45) is 5.92 Å². The van der Waals surface area contributed by atoms with Gasteiger partial charge >= 0.3 is 5.97 Å². The van der Waals surface area contributed by atoms with E-state index in [2.05, 4.69) is 0 Å². The second kappa shape index (κ2) is 7.98. The third kappa shape index (κ3) is 4.70. The molecule has 7 heteroatoms. The van der Waals surface area contributed by atoms with Crippen LogP contribution < -0.4 is 5.56 Å². The first-order valence-corrected chi connectivity index (χ1v) is 8.09. The number of aliphatic carboxylic acids is 1. The summed E-state index contributed by atoms with van der Waals surface area (Å²) in [5, 5.41) is 9.50. The maximum Gasteiger partial charge on any atom is 0.308 e. The number of carbonyl (C=O) groups excluding carboxylic acids is 1. The van der Waals surface area contributed by atoms with E-state index < -0.39 is 11.9 Å². The zero-order valence-corrected chi connectivity index (χ0v) is 14.7. The molecular formula is C18H19ClN2O4. The van der Waals surface area contributed by atoms with Crippen LogP contribution in [0.5, 0.6) is 0 Å². The third-order valence-corrected chi connectivity index (χ3v) is 4.21. The van der Waals surface area contributed by atoms with Crippen LogP contribution in [-0.4, -0.2) is 40.0 Å². The molecule has 25 heavy (non-hydrogen) atoms. The molecular weight excluding hydrogens is 344 g/mol. The lowest BCUT2D eigenvalue weighted by molar-refractivity contribution is -0.141. The topological polar surface area (TPSA) is 79.6 Å². The highest BCUT2D eigenvalue weighted by Gasteiger charge is 2.19. The average molecular weight is 363 g/mol. The zero-order valence-electron chi connectivity index (χ0n) is 14.0. The molecule has 6 nitrogen and oxygen atoms in total. The number of nitrogens with zero attached hydrogens (tertiary/aromatic N) is 2. The Bertz CT molecular complexity index is 847. The summed E-state index contributed by atoms with van der Waals surface area (Å²) in [5.74, 6) is -1.99. The van der Waals surface area contributed by atoms with Crippen LogP contribution in [0.15, 0.2) is 47.4 Å². The highest BCUT2D eigenvalue weighted by molar-refractivity contribution is 6.31. The molecule has 1 aromatic heterocycles. The van der Waals surface area contributed by atoms with Gasteiger partial charge in [-0.1, -0.05) is 36.7 Å². The van der Waals surface area contributed by atoms with Gasteiger partial charge in [0, 0.05) is 30.9 Å². The lowest BCUT2D eigenvalue weighted by Crippen LogP contribution is -2.34. The Labute approximate surface area is 150 Å². The molecule has 2 rings (SSSR count). The van der Waals surface area contributed by atoms with Gasteiger partial charge in [-0.3, -0.25) is 14.4 Å². The molecule has 0 radical (unpaired) electrons. The van der Waals surface area contributed by atoms with Crippen molar-refractivity contribution < 1.29 is 14.7 Å². The number of hydrogen-bond acceptors (Lipinski definition) is 3. The molecule has 1 N–H and O–H groups in total. The zero-order chi connectivity index (χ0) is 18.6. The van der Waals surface area contributed by atoms with Crippen LogP contribution in [0.2, 0.25) is 5.02 Å². The standard InChI is InChI=1S/C18H19ClN2O4/c1-12(18(24)25)9-20(2)17(23)14-7-8-16(22)21(11-14)10-13-5-3-4-6-15(13)19/h3-8,11-12H,9-10H2,1-2H3,(H,24,25). The lowest BCUT2D eigenvalue weighted by Gasteiger charge is -2.20. The fourth-order valence-electron chi connectivity index (χ4n) is 2.38. The van der Waals surface area contributed by atoms with Crippen LogP contribution in [0.4, 0.5) is 0 Å². The quantitative estimate of drug-likeness (QED) is 0.855. The SMILES string of the molecule is CC(CN(C)C(=O)c1ccc(=O)n(Cc2ccccc2Cl)c1)C(=O)O. The van der Waals surface area contributed by atoms with Gasteiger partial charge in [0.05, 0.1) is 18.0 Å². The summed E-state index contributed by atoms with van der Waals surface area (Å²) in [7, 11) is 1.53. The normalized spacial score (nSPS) is 11.8. The Kier molecular flexibility index (Phi) is 5.98. The number of rotatable bonds is 6.